The average molecular weight is 342 g/mol. The number of nitrogens with two attached hydrogens (primary N) is 1. The number of hydrogen-bond acceptors (Lipinski definition) is 6. The van der Waals surface area contributed by atoms with Crippen molar-refractivity contribution in [3.63, 3.8) is 0 Å². The third kappa shape index (κ3) is 3.60. The molecule has 6 heteroatoms. The van der Waals surface area contributed by atoms with E-state index in [-0.39, 0.29) is 0 Å². The summed E-state index contributed by atoms with van der Waals surface area (Å²) in [4.78, 5) is 9.38. The highest BCUT2D eigenvalue weighted by molar-refractivity contribution is 7.80. The number of hydrogen-bond donors (Lipinski definition) is 2. The van der Waals surface area contributed by atoms with Crippen molar-refractivity contribution < 1.29 is 4.52 Å². The molecule has 3 aromatic rings. The van der Waals surface area contributed by atoms with E-state index in [2.05, 4.69) is 27.8 Å². The van der Waals surface area contributed by atoms with Crippen molar-refractivity contribution in [2.45, 2.75) is 50.5 Å². The van der Waals surface area contributed by atoms with Gasteiger partial charge in [0.1, 0.15) is 11.3 Å². The molecule has 0 aliphatic heterocycles. The first kappa shape index (κ1) is 16.9. The topological polar surface area (TPSA) is 77.8 Å². The zero-order valence-electron chi connectivity index (χ0n) is 14.0. The third-order valence-corrected chi connectivity index (χ3v) is 4.62. The number of aryl methyl sites for hydroxylation is 2. The minimum atomic E-state index is 0.546. The predicted molar refractivity (Wildman–Crippen MR) is 98.2 cm³/mol. The monoisotopic (exact) mass is 342 g/mol. The number of fused-ring (bicyclic) bond motifs is 1. The highest BCUT2D eigenvalue weighted by Crippen LogP contribution is 2.31. The van der Waals surface area contributed by atoms with E-state index in [1.165, 1.54) is 25.7 Å². The first-order chi connectivity index (χ1) is 11.6. The maximum absolute atomic E-state index is 5.53. The van der Waals surface area contributed by atoms with Crippen LogP contribution in [0.15, 0.2) is 33.9 Å². The molecule has 126 valence electrons. The number of rotatable bonds is 1. The Bertz CT molecular complexity index is 821. The van der Waals surface area contributed by atoms with Crippen LogP contribution in [0.2, 0.25) is 0 Å². The first-order valence-electron chi connectivity index (χ1n) is 8.19. The Morgan fingerprint density at radius 1 is 1.12 bits per heavy atom. The van der Waals surface area contributed by atoms with Gasteiger partial charge in [0.05, 0.1) is 11.2 Å². The number of thiol groups is 1. The summed E-state index contributed by atoms with van der Waals surface area (Å²) in [6.07, 6.45) is 8.59. The summed E-state index contributed by atoms with van der Waals surface area (Å²) in [5.74, 6) is 0.795. The molecule has 4 rings (SSSR count). The van der Waals surface area contributed by atoms with Crippen LogP contribution in [-0.2, 0) is 0 Å². The molecule has 1 fully saturated rings. The van der Waals surface area contributed by atoms with Crippen LogP contribution in [0.5, 0.6) is 0 Å². The van der Waals surface area contributed by atoms with Crippen LogP contribution in [0.1, 0.15) is 37.1 Å². The van der Waals surface area contributed by atoms with Crippen LogP contribution in [-0.4, -0.2) is 21.2 Å². The van der Waals surface area contributed by atoms with Gasteiger partial charge in [-0.1, -0.05) is 18.0 Å². The van der Waals surface area contributed by atoms with Crippen molar-refractivity contribution in [3.05, 3.63) is 36.0 Å². The second-order valence-corrected chi connectivity index (χ2v) is 6.64. The van der Waals surface area contributed by atoms with E-state index in [0.717, 1.165) is 38.5 Å². The maximum Gasteiger partial charge on any atom is 0.141 e. The Labute approximate surface area is 147 Å². The quantitative estimate of drug-likeness (QED) is 0.652. The molecule has 0 radical (unpaired) electrons. The Morgan fingerprint density at radius 3 is 2.42 bits per heavy atom. The van der Waals surface area contributed by atoms with Crippen LogP contribution in [0.3, 0.4) is 0 Å². The van der Waals surface area contributed by atoms with Gasteiger partial charge in [0.15, 0.2) is 0 Å². The van der Waals surface area contributed by atoms with Gasteiger partial charge >= 0.3 is 0 Å². The zero-order chi connectivity index (χ0) is 17.1. The molecule has 2 N–H and O–H groups in total. The van der Waals surface area contributed by atoms with E-state index in [1.807, 2.05) is 26.0 Å². The molecule has 0 amide bonds. The molecular weight excluding hydrogens is 320 g/mol. The average Bonchev–Trinajstić information content (AvgIpc) is 3.17. The van der Waals surface area contributed by atoms with Gasteiger partial charge in [0.2, 0.25) is 0 Å². The van der Waals surface area contributed by atoms with Gasteiger partial charge < -0.3 is 10.3 Å². The van der Waals surface area contributed by atoms with Crippen molar-refractivity contribution >= 4 is 23.7 Å². The van der Waals surface area contributed by atoms with Crippen LogP contribution < -0.4 is 5.73 Å². The first-order valence-corrected chi connectivity index (χ1v) is 8.63. The summed E-state index contributed by atoms with van der Waals surface area (Å²) in [6.45, 7) is 3.82. The molecule has 2 aromatic heterocycles. The molecule has 0 bridgehead atoms. The highest BCUT2D eigenvalue weighted by Gasteiger charge is 2.13. The summed E-state index contributed by atoms with van der Waals surface area (Å²) in [7, 11) is 0. The minimum Gasteiger partial charge on any atom is -0.361 e. The Morgan fingerprint density at radius 2 is 1.83 bits per heavy atom. The van der Waals surface area contributed by atoms with E-state index >= 15 is 0 Å². The Hall–Kier alpha value is -1.92. The normalized spacial score (nSPS) is 14.7. The molecule has 0 unspecified atom stereocenters. The fourth-order valence-electron chi connectivity index (χ4n) is 3.05. The molecule has 1 aliphatic rings. The smallest absolute Gasteiger partial charge is 0.141 e. The second-order valence-electron chi connectivity index (χ2n) is 6.16. The van der Waals surface area contributed by atoms with Crippen molar-refractivity contribution in [1.82, 2.24) is 15.1 Å². The molecule has 1 aliphatic carbocycles. The summed E-state index contributed by atoms with van der Waals surface area (Å²) < 4.78 is 5.19. The molecule has 0 saturated heterocycles. The standard InChI is InChI=1S/C13H11N3OS.C5H11N/c1-7-12(8(2)17-16-7)9-5-10-13(11(18)6-9)15-4-3-14-10;6-5-3-1-2-4-5/h3-6,18H,1-2H3;5H,1-4,6H2. The van der Waals surface area contributed by atoms with Gasteiger partial charge in [-0.05, 0) is 44.4 Å². The fourth-order valence-corrected chi connectivity index (χ4v) is 3.36. The summed E-state index contributed by atoms with van der Waals surface area (Å²) in [5, 5.41) is 3.97. The van der Waals surface area contributed by atoms with E-state index in [9.17, 15) is 0 Å². The fraction of sp³-hybridized carbons (Fsp3) is 0.389. The Kier molecular flexibility index (Phi) is 5.16. The van der Waals surface area contributed by atoms with E-state index in [1.54, 1.807) is 12.4 Å². The molecule has 2 heterocycles. The minimum absolute atomic E-state index is 0.546. The molecule has 1 saturated carbocycles. The van der Waals surface area contributed by atoms with Crippen LogP contribution in [0.25, 0.3) is 22.2 Å². The molecule has 5 nitrogen and oxygen atoms in total. The predicted octanol–water partition coefficient (Wildman–Crippen LogP) is 4.08. The molecule has 0 spiro atoms. The summed E-state index contributed by atoms with van der Waals surface area (Å²) in [5.41, 5.74) is 10.0. The van der Waals surface area contributed by atoms with E-state index in [0.29, 0.717) is 6.04 Å². The van der Waals surface area contributed by atoms with Crippen molar-refractivity contribution in [3.8, 4) is 11.1 Å². The zero-order valence-corrected chi connectivity index (χ0v) is 14.9. The van der Waals surface area contributed by atoms with E-state index in [4.69, 9.17) is 10.3 Å². The van der Waals surface area contributed by atoms with Gasteiger partial charge in [0.25, 0.3) is 0 Å². The molecular formula is C18H22N4OS. The molecule has 1 aromatic carbocycles. The lowest BCUT2D eigenvalue weighted by molar-refractivity contribution is 0.393. The van der Waals surface area contributed by atoms with Gasteiger partial charge in [-0.25, -0.2) is 0 Å². The lowest BCUT2D eigenvalue weighted by Crippen LogP contribution is -2.13. The van der Waals surface area contributed by atoms with Crippen molar-refractivity contribution in [2.75, 3.05) is 0 Å². The molecule has 24 heavy (non-hydrogen) atoms. The number of benzene rings is 1. The van der Waals surface area contributed by atoms with Crippen molar-refractivity contribution in [1.29, 1.82) is 0 Å². The van der Waals surface area contributed by atoms with Crippen LogP contribution in [0.4, 0.5) is 0 Å². The second kappa shape index (κ2) is 7.32. The lowest BCUT2D eigenvalue weighted by atomic mass is 10.0. The molecule has 0 atom stereocenters. The third-order valence-electron chi connectivity index (χ3n) is 4.28. The van der Waals surface area contributed by atoms with Gasteiger partial charge in [0, 0.05) is 28.9 Å². The number of aromatic nitrogens is 3. The largest absolute Gasteiger partial charge is 0.361 e. The number of nitrogens with zero attached hydrogens (tertiary/aromatic N) is 3. The van der Waals surface area contributed by atoms with Crippen LogP contribution in [0, 0.1) is 13.8 Å². The maximum atomic E-state index is 5.53. The highest BCUT2D eigenvalue weighted by atomic mass is 32.1. The summed E-state index contributed by atoms with van der Waals surface area (Å²) >= 11 is 4.47. The van der Waals surface area contributed by atoms with Gasteiger partial charge in [-0.3, -0.25) is 9.97 Å². The van der Waals surface area contributed by atoms with Gasteiger partial charge in [-0.15, -0.1) is 12.6 Å². The lowest BCUT2D eigenvalue weighted by Gasteiger charge is -2.05. The van der Waals surface area contributed by atoms with Crippen molar-refractivity contribution in [2.24, 2.45) is 5.73 Å². The summed E-state index contributed by atoms with van der Waals surface area (Å²) in [6, 6.07) is 4.49. The van der Waals surface area contributed by atoms with E-state index < -0.39 is 0 Å². The van der Waals surface area contributed by atoms with Crippen LogP contribution >= 0.6 is 12.6 Å². The Balaban J connectivity index is 0.000000238. The van der Waals surface area contributed by atoms with Gasteiger partial charge in [-0.2, -0.15) is 0 Å². The SMILES string of the molecule is Cc1noc(C)c1-c1cc(S)c2nccnc2c1.NC1CCCC1.